The summed E-state index contributed by atoms with van der Waals surface area (Å²) in [7, 11) is 3.72. The van der Waals surface area contributed by atoms with Crippen LogP contribution in [0.5, 0.6) is 0 Å². The predicted molar refractivity (Wildman–Crippen MR) is 85.9 cm³/mol. The number of nitrogens with zero attached hydrogens (tertiary/aromatic N) is 4. The quantitative estimate of drug-likeness (QED) is 0.738. The summed E-state index contributed by atoms with van der Waals surface area (Å²) < 4.78 is 9.42. The average molecular weight is 313 g/mol. The van der Waals surface area contributed by atoms with Gasteiger partial charge in [-0.25, -0.2) is 4.98 Å². The number of aryl methyl sites for hydroxylation is 3. The van der Waals surface area contributed by atoms with Gasteiger partial charge >= 0.3 is 0 Å². The van der Waals surface area contributed by atoms with Crippen LogP contribution in [0.15, 0.2) is 0 Å². The monoisotopic (exact) mass is 312 g/mol. The van der Waals surface area contributed by atoms with Crippen molar-refractivity contribution in [2.75, 3.05) is 19.6 Å². The molecule has 0 spiro atoms. The molecule has 0 bridgehead atoms. The fourth-order valence-corrected chi connectivity index (χ4v) is 2.88. The third-order valence-electron chi connectivity index (χ3n) is 3.86. The largest absolute Gasteiger partial charge is 0.385 e. The minimum atomic E-state index is 0.128. The first-order chi connectivity index (χ1) is 9.89. The van der Waals surface area contributed by atoms with Crippen LogP contribution in [-0.2, 0) is 24.8 Å². The van der Waals surface area contributed by atoms with Crippen LogP contribution in [0.3, 0.4) is 0 Å². The van der Waals surface area contributed by atoms with E-state index in [1.807, 2.05) is 18.7 Å². The highest BCUT2D eigenvalue weighted by Crippen LogP contribution is 2.28. The normalized spacial score (nSPS) is 12.5. The Balaban J connectivity index is 2.42. The molecule has 118 valence electrons. The zero-order chi connectivity index (χ0) is 15.6. The van der Waals surface area contributed by atoms with Crippen molar-refractivity contribution in [2.24, 2.45) is 12.5 Å². The lowest BCUT2D eigenvalue weighted by atomic mass is 9.89. The molecule has 0 atom stereocenters. The molecule has 2 heterocycles. The number of hydrogen-bond donors (Lipinski definition) is 0. The van der Waals surface area contributed by atoms with Crippen molar-refractivity contribution in [2.45, 2.75) is 40.2 Å². The lowest BCUT2D eigenvalue weighted by Crippen LogP contribution is -2.23. The maximum Gasteiger partial charge on any atom is 0.158 e. The highest BCUT2D eigenvalue weighted by Gasteiger charge is 2.24. The van der Waals surface area contributed by atoms with Crippen LogP contribution >= 0.6 is 11.6 Å². The molecule has 21 heavy (non-hydrogen) atoms. The molecule has 2 aromatic rings. The number of methoxy groups -OCH3 is 1. The summed E-state index contributed by atoms with van der Waals surface area (Å²) in [5, 5.41) is 4.48. The zero-order valence-electron chi connectivity index (χ0n) is 13.6. The van der Waals surface area contributed by atoms with Gasteiger partial charge in [-0.1, -0.05) is 13.8 Å². The Morgan fingerprint density at radius 1 is 1.33 bits per heavy atom. The van der Waals surface area contributed by atoms with Crippen LogP contribution in [0, 0.1) is 12.3 Å². The van der Waals surface area contributed by atoms with Crippen molar-refractivity contribution in [3.8, 4) is 0 Å². The molecule has 6 heteroatoms. The first kappa shape index (κ1) is 16.3. The first-order valence-electron chi connectivity index (χ1n) is 7.33. The molecule has 0 aliphatic heterocycles. The predicted octanol–water partition coefficient (Wildman–Crippen LogP) is 2.92. The standard InChI is InChI=1S/C15H25ClN4O/c1-11-13-14(19(4)18-11)20(12(17-13)6-8-16)10-15(2,3)7-9-21-5/h6-10H2,1-5H3. The molecule has 0 unspecified atom stereocenters. The first-order valence-corrected chi connectivity index (χ1v) is 7.86. The van der Waals surface area contributed by atoms with Crippen LogP contribution in [-0.4, -0.2) is 38.9 Å². The maximum atomic E-state index is 5.94. The van der Waals surface area contributed by atoms with Crippen LogP contribution in [0.2, 0.25) is 0 Å². The fourth-order valence-electron chi connectivity index (χ4n) is 2.71. The van der Waals surface area contributed by atoms with Crippen molar-refractivity contribution in [1.82, 2.24) is 19.3 Å². The van der Waals surface area contributed by atoms with Gasteiger partial charge in [-0.05, 0) is 18.8 Å². The topological polar surface area (TPSA) is 44.9 Å². The Hall–Kier alpha value is -1.07. The van der Waals surface area contributed by atoms with Gasteiger partial charge in [0.05, 0.1) is 5.69 Å². The Kier molecular flexibility index (Phi) is 4.94. The number of alkyl halides is 1. The van der Waals surface area contributed by atoms with Crippen LogP contribution in [0.25, 0.3) is 11.2 Å². The molecule has 0 saturated heterocycles. The van der Waals surface area contributed by atoms with Gasteiger partial charge in [-0.3, -0.25) is 4.68 Å². The van der Waals surface area contributed by atoms with Crippen molar-refractivity contribution < 1.29 is 4.74 Å². The lowest BCUT2D eigenvalue weighted by molar-refractivity contribution is 0.142. The van der Waals surface area contributed by atoms with Gasteiger partial charge in [0.15, 0.2) is 5.65 Å². The van der Waals surface area contributed by atoms with Gasteiger partial charge in [0.25, 0.3) is 0 Å². The van der Waals surface area contributed by atoms with E-state index in [-0.39, 0.29) is 5.41 Å². The minimum absolute atomic E-state index is 0.128. The number of fused-ring (bicyclic) bond motifs is 1. The molecule has 0 aliphatic rings. The Labute approximate surface area is 131 Å². The molecular weight excluding hydrogens is 288 g/mol. The summed E-state index contributed by atoms with van der Waals surface area (Å²) in [5.41, 5.74) is 3.16. The summed E-state index contributed by atoms with van der Waals surface area (Å²) in [6, 6.07) is 0. The van der Waals surface area contributed by atoms with E-state index >= 15 is 0 Å². The molecule has 0 fully saturated rings. The van der Waals surface area contributed by atoms with Crippen LogP contribution in [0.1, 0.15) is 31.8 Å². The lowest BCUT2D eigenvalue weighted by Gasteiger charge is -2.26. The summed E-state index contributed by atoms with van der Waals surface area (Å²) in [4.78, 5) is 4.75. The highest BCUT2D eigenvalue weighted by molar-refractivity contribution is 6.17. The highest BCUT2D eigenvalue weighted by atomic mass is 35.5. The van der Waals surface area contributed by atoms with Crippen molar-refractivity contribution >= 4 is 22.8 Å². The number of rotatable bonds is 7. The minimum Gasteiger partial charge on any atom is -0.385 e. The summed E-state index contributed by atoms with van der Waals surface area (Å²) >= 11 is 5.94. The van der Waals surface area contributed by atoms with Crippen LogP contribution in [0.4, 0.5) is 0 Å². The molecule has 5 nitrogen and oxygen atoms in total. The number of halogens is 1. The summed E-state index contributed by atoms with van der Waals surface area (Å²) in [6.07, 6.45) is 1.77. The van der Waals surface area contributed by atoms with Gasteiger partial charge in [0.1, 0.15) is 11.3 Å². The van der Waals surface area contributed by atoms with Gasteiger partial charge < -0.3 is 9.30 Å². The van der Waals surface area contributed by atoms with Gasteiger partial charge in [-0.15, -0.1) is 11.6 Å². The average Bonchev–Trinajstić information content (AvgIpc) is 2.88. The third kappa shape index (κ3) is 3.40. The Bertz CT molecular complexity index is 615. The number of ether oxygens (including phenoxy) is 1. The molecule has 0 aromatic carbocycles. The second kappa shape index (κ2) is 6.36. The van der Waals surface area contributed by atoms with Gasteiger partial charge in [0, 0.05) is 39.6 Å². The van der Waals surface area contributed by atoms with E-state index in [9.17, 15) is 0 Å². The number of hydrogen-bond acceptors (Lipinski definition) is 3. The second-order valence-corrected chi connectivity index (χ2v) is 6.72. The van der Waals surface area contributed by atoms with E-state index in [0.29, 0.717) is 5.88 Å². The summed E-state index contributed by atoms with van der Waals surface area (Å²) in [6.45, 7) is 8.16. The summed E-state index contributed by atoms with van der Waals surface area (Å²) in [5.74, 6) is 1.62. The van der Waals surface area contributed by atoms with Crippen molar-refractivity contribution in [1.29, 1.82) is 0 Å². The van der Waals surface area contributed by atoms with E-state index in [2.05, 4.69) is 23.5 Å². The molecule has 0 saturated carbocycles. The smallest absolute Gasteiger partial charge is 0.158 e. The van der Waals surface area contributed by atoms with E-state index in [0.717, 1.165) is 48.7 Å². The van der Waals surface area contributed by atoms with Gasteiger partial charge in [0.2, 0.25) is 0 Å². The Morgan fingerprint density at radius 2 is 2.05 bits per heavy atom. The van der Waals surface area contributed by atoms with E-state index in [4.69, 9.17) is 21.3 Å². The molecular formula is C15H25ClN4O. The molecule has 0 amide bonds. The van der Waals surface area contributed by atoms with Crippen LogP contribution < -0.4 is 0 Å². The Morgan fingerprint density at radius 3 is 2.67 bits per heavy atom. The van der Waals surface area contributed by atoms with E-state index in [1.165, 1.54) is 0 Å². The second-order valence-electron chi connectivity index (χ2n) is 6.34. The molecule has 0 N–H and O–H groups in total. The fraction of sp³-hybridized carbons (Fsp3) is 0.733. The molecule has 2 rings (SSSR count). The SMILES string of the molecule is COCCC(C)(C)Cn1c(CCCl)nc2c(C)nn(C)c21. The van der Waals surface area contributed by atoms with E-state index < -0.39 is 0 Å². The number of imidazole rings is 1. The van der Waals surface area contributed by atoms with Crippen molar-refractivity contribution in [3.63, 3.8) is 0 Å². The van der Waals surface area contributed by atoms with E-state index in [1.54, 1.807) is 7.11 Å². The molecule has 0 aliphatic carbocycles. The molecule has 0 radical (unpaired) electrons. The van der Waals surface area contributed by atoms with Gasteiger partial charge in [-0.2, -0.15) is 5.10 Å². The third-order valence-corrected chi connectivity index (χ3v) is 4.05. The zero-order valence-corrected chi connectivity index (χ0v) is 14.4. The molecule has 2 aromatic heterocycles. The maximum absolute atomic E-state index is 5.94. The van der Waals surface area contributed by atoms with Crippen molar-refractivity contribution in [3.05, 3.63) is 11.5 Å². The number of aromatic nitrogens is 4.